The predicted octanol–water partition coefficient (Wildman–Crippen LogP) is 3.80. The van der Waals surface area contributed by atoms with Crippen molar-refractivity contribution in [1.29, 1.82) is 0 Å². The minimum atomic E-state index is -3.44. The Bertz CT molecular complexity index is 930. The van der Waals surface area contributed by atoms with Crippen LogP contribution < -0.4 is 4.74 Å². The first-order valence-corrected chi connectivity index (χ1v) is 13.9. The quantitative estimate of drug-likeness (QED) is 0.616. The molecule has 0 bridgehead atoms. The molecule has 0 radical (unpaired) electrons. The van der Waals surface area contributed by atoms with E-state index in [1.807, 2.05) is 4.90 Å². The third-order valence-electron chi connectivity index (χ3n) is 7.52. The molecule has 3 fully saturated rings. The standard InChI is InChI=1S/C23H33FN2O4S2/c1-32(28,29)19-9-10-22(20(24)13-19)30-15-16-5-7-18(8-6-16)26-12-11-25(23(27)31)14-21(26)17-3-2-4-17/h9-10,13,16-18,21H,2-8,11-12,14-15H2,1H3,(H,27,31)/t16-,18-,21?. The third kappa shape index (κ3) is 5.37. The Labute approximate surface area is 195 Å². The van der Waals surface area contributed by atoms with E-state index in [1.165, 1.54) is 31.4 Å². The van der Waals surface area contributed by atoms with Crippen LogP contribution >= 0.6 is 12.2 Å². The normalized spacial score (nSPS) is 27.7. The van der Waals surface area contributed by atoms with Crippen LogP contribution in [0.15, 0.2) is 23.1 Å². The van der Waals surface area contributed by atoms with Crippen molar-refractivity contribution >= 4 is 27.2 Å². The molecule has 2 saturated carbocycles. The lowest BCUT2D eigenvalue weighted by Gasteiger charge is -2.51. The maximum Gasteiger partial charge on any atom is 0.256 e. The zero-order chi connectivity index (χ0) is 22.9. The van der Waals surface area contributed by atoms with Crippen molar-refractivity contribution in [2.75, 3.05) is 32.5 Å². The number of ether oxygens (including phenoxy) is 1. The van der Waals surface area contributed by atoms with Gasteiger partial charge in [-0.1, -0.05) is 6.42 Å². The number of rotatable bonds is 6. The van der Waals surface area contributed by atoms with Gasteiger partial charge in [-0.15, -0.1) is 0 Å². The summed E-state index contributed by atoms with van der Waals surface area (Å²) in [5, 5.41) is 9.81. The first-order valence-electron chi connectivity index (χ1n) is 11.6. The van der Waals surface area contributed by atoms with Gasteiger partial charge in [0.05, 0.1) is 11.5 Å². The molecule has 1 aliphatic heterocycles. The molecule has 1 aromatic carbocycles. The topological polar surface area (TPSA) is 70.1 Å². The third-order valence-corrected chi connectivity index (χ3v) is 8.89. The number of aliphatic hydroxyl groups is 1. The molecule has 1 aromatic rings. The molecule has 4 rings (SSSR count). The molecule has 1 heterocycles. The van der Waals surface area contributed by atoms with Gasteiger partial charge >= 0.3 is 0 Å². The lowest BCUT2D eigenvalue weighted by molar-refractivity contribution is -0.00919. The van der Waals surface area contributed by atoms with Gasteiger partial charge in [0.25, 0.3) is 5.17 Å². The van der Waals surface area contributed by atoms with Crippen LogP contribution in [-0.4, -0.2) is 73.1 Å². The molecule has 1 atom stereocenters. The molecule has 32 heavy (non-hydrogen) atoms. The molecule has 1 unspecified atom stereocenters. The summed E-state index contributed by atoms with van der Waals surface area (Å²) in [5.41, 5.74) is 0. The second kappa shape index (κ2) is 9.81. The van der Waals surface area contributed by atoms with E-state index in [1.54, 1.807) is 0 Å². The second-order valence-electron chi connectivity index (χ2n) is 9.57. The maximum absolute atomic E-state index is 14.3. The SMILES string of the molecule is CS(=O)(=O)c1ccc(OC[C@H]2CC[C@H](N3CCN(C(O)=S)CC3C3CCC3)CC2)c(F)c1. The fourth-order valence-corrected chi connectivity index (χ4v) is 6.17. The number of sulfone groups is 1. The van der Waals surface area contributed by atoms with Crippen LogP contribution in [0.5, 0.6) is 5.75 Å². The van der Waals surface area contributed by atoms with E-state index in [-0.39, 0.29) is 15.8 Å². The summed E-state index contributed by atoms with van der Waals surface area (Å²) >= 11 is 5.02. The highest BCUT2D eigenvalue weighted by molar-refractivity contribution is 7.90. The van der Waals surface area contributed by atoms with E-state index in [0.717, 1.165) is 57.6 Å². The van der Waals surface area contributed by atoms with E-state index < -0.39 is 15.7 Å². The Hall–Kier alpha value is -1.45. The van der Waals surface area contributed by atoms with Crippen LogP contribution in [0.25, 0.3) is 0 Å². The molecule has 1 saturated heterocycles. The number of aliphatic hydroxyl groups excluding tert-OH is 1. The summed E-state index contributed by atoms with van der Waals surface area (Å²) in [7, 11) is -3.44. The molecule has 9 heteroatoms. The number of halogens is 1. The molecule has 178 valence electrons. The van der Waals surface area contributed by atoms with Gasteiger partial charge in [0, 0.05) is 38.0 Å². The predicted molar refractivity (Wildman–Crippen MR) is 125 cm³/mol. The van der Waals surface area contributed by atoms with Gasteiger partial charge in [0.15, 0.2) is 21.4 Å². The fraction of sp³-hybridized carbons (Fsp3) is 0.696. The van der Waals surface area contributed by atoms with Crippen molar-refractivity contribution in [2.45, 2.75) is 61.9 Å². The van der Waals surface area contributed by atoms with Gasteiger partial charge in [-0.3, -0.25) is 4.90 Å². The number of thiocarbonyl (C=S) groups is 1. The molecule has 0 spiro atoms. The smallest absolute Gasteiger partial charge is 0.256 e. The summed E-state index contributed by atoms with van der Waals surface area (Å²) in [6.07, 6.45) is 9.14. The Morgan fingerprint density at radius 3 is 2.47 bits per heavy atom. The van der Waals surface area contributed by atoms with Crippen molar-refractivity contribution in [3.63, 3.8) is 0 Å². The molecule has 0 aromatic heterocycles. The van der Waals surface area contributed by atoms with Crippen LogP contribution in [0.4, 0.5) is 4.39 Å². The van der Waals surface area contributed by atoms with Gasteiger partial charge in [-0.2, -0.15) is 0 Å². The lowest BCUT2D eigenvalue weighted by Crippen LogP contribution is -2.61. The largest absolute Gasteiger partial charge is 0.490 e. The molecule has 0 amide bonds. The Balaban J connectivity index is 1.30. The first kappa shape index (κ1) is 23.7. The highest BCUT2D eigenvalue weighted by Crippen LogP contribution is 2.38. The fourth-order valence-electron chi connectivity index (χ4n) is 5.38. The number of hydrogen-bond donors (Lipinski definition) is 1. The summed E-state index contributed by atoms with van der Waals surface area (Å²) in [5.74, 6) is 0.546. The van der Waals surface area contributed by atoms with Crippen molar-refractivity contribution < 1.29 is 22.7 Å². The minimum absolute atomic E-state index is 0.0200. The van der Waals surface area contributed by atoms with Crippen molar-refractivity contribution in [3.8, 4) is 5.75 Å². The van der Waals surface area contributed by atoms with E-state index in [2.05, 4.69) is 4.90 Å². The van der Waals surface area contributed by atoms with Crippen LogP contribution in [-0.2, 0) is 9.84 Å². The van der Waals surface area contributed by atoms with E-state index in [0.29, 0.717) is 30.5 Å². The second-order valence-corrected chi connectivity index (χ2v) is 12.0. The van der Waals surface area contributed by atoms with Crippen LogP contribution in [0, 0.1) is 17.7 Å². The number of nitrogens with zero attached hydrogens (tertiary/aromatic N) is 2. The molecule has 2 aliphatic carbocycles. The zero-order valence-corrected chi connectivity index (χ0v) is 20.2. The number of hydrogen-bond acceptors (Lipinski definition) is 5. The van der Waals surface area contributed by atoms with Crippen molar-refractivity contribution in [1.82, 2.24) is 9.80 Å². The summed E-state index contributed by atoms with van der Waals surface area (Å²) in [6, 6.07) is 4.83. The zero-order valence-electron chi connectivity index (χ0n) is 18.6. The summed E-state index contributed by atoms with van der Waals surface area (Å²) < 4.78 is 43.1. The first-order chi connectivity index (χ1) is 15.2. The van der Waals surface area contributed by atoms with E-state index in [9.17, 15) is 17.9 Å². The monoisotopic (exact) mass is 484 g/mol. The molecule has 6 nitrogen and oxygen atoms in total. The van der Waals surface area contributed by atoms with E-state index in [4.69, 9.17) is 17.0 Å². The van der Waals surface area contributed by atoms with Crippen molar-refractivity contribution in [3.05, 3.63) is 24.0 Å². The Morgan fingerprint density at radius 2 is 1.91 bits per heavy atom. The maximum atomic E-state index is 14.3. The highest BCUT2D eigenvalue weighted by Gasteiger charge is 2.40. The Kier molecular flexibility index (Phi) is 7.27. The average Bonchev–Trinajstić information content (AvgIpc) is 2.71. The molecule has 1 N–H and O–H groups in total. The minimum Gasteiger partial charge on any atom is -0.490 e. The lowest BCUT2D eigenvalue weighted by atomic mass is 9.76. The molecule has 3 aliphatic rings. The Morgan fingerprint density at radius 1 is 1.19 bits per heavy atom. The van der Waals surface area contributed by atoms with Gasteiger partial charge in [0.2, 0.25) is 0 Å². The van der Waals surface area contributed by atoms with E-state index >= 15 is 0 Å². The summed E-state index contributed by atoms with van der Waals surface area (Å²) in [4.78, 5) is 4.57. The number of piperazine rings is 1. The van der Waals surface area contributed by atoms with Gasteiger partial charge in [-0.05, 0) is 80.8 Å². The van der Waals surface area contributed by atoms with Gasteiger partial charge in [-0.25, -0.2) is 12.8 Å². The van der Waals surface area contributed by atoms with Gasteiger partial charge in [0.1, 0.15) is 0 Å². The average molecular weight is 485 g/mol. The highest BCUT2D eigenvalue weighted by atomic mass is 32.2. The summed E-state index contributed by atoms with van der Waals surface area (Å²) in [6.45, 7) is 2.99. The van der Waals surface area contributed by atoms with Crippen LogP contribution in [0.2, 0.25) is 0 Å². The van der Waals surface area contributed by atoms with Crippen LogP contribution in [0.1, 0.15) is 44.9 Å². The molecular weight excluding hydrogens is 451 g/mol. The van der Waals surface area contributed by atoms with Gasteiger partial charge < -0.3 is 14.7 Å². The number of benzene rings is 1. The molecular formula is C23H33FN2O4S2. The van der Waals surface area contributed by atoms with Crippen LogP contribution in [0.3, 0.4) is 0 Å². The van der Waals surface area contributed by atoms with Crippen molar-refractivity contribution in [2.24, 2.45) is 11.8 Å².